The molecule has 0 saturated carbocycles. The van der Waals surface area contributed by atoms with E-state index in [0.717, 1.165) is 12.1 Å². The molecule has 2 aliphatic rings. The molecule has 2 aromatic carbocycles. The molecule has 0 saturated heterocycles. The van der Waals surface area contributed by atoms with E-state index in [4.69, 9.17) is 5.73 Å². The van der Waals surface area contributed by atoms with E-state index in [1.54, 1.807) is 6.07 Å². The van der Waals surface area contributed by atoms with Crippen molar-refractivity contribution in [3.05, 3.63) is 71.3 Å². The number of amides is 1. The first kappa shape index (κ1) is 15.8. The van der Waals surface area contributed by atoms with Crippen molar-refractivity contribution in [1.82, 2.24) is 0 Å². The summed E-state index contributed by atoms with van der Waals surface area (Å²) < 4.78 is 0. The van der Waals surface area contributed by atoms with Gasteiger partial charge in [0.25, 0.3) is 5.91 Å². The van der Waals surface area contributed by atoms with E-state index in [9.17, 15) is 4.79 Å². The molecular weight excluding hydrogens is 310 g/mol. The number of carbonyl (C=O) groups excluding carboxylic acids is 1. The molecule has 3 N–H and O–H groups in total. The zero-order valence-electron chi connectivity index (χ0n) is 14.6. The first-order chi connectivity index (χ1) is 12.1. The molecular formula is C21H23N3O. The van der Waals surface area contributed by atoms with Gasteiger partial charge in [0.2, 0.25) is 0 Å². The van der Waals surface area contributed by atoms with Gasteiger partial charge >= 0.3 is 0 Å². The number of nitrogens with one attached hydrogen (secondary N) is 1. The van der Waals surface area contributed by atoms with Crippen molar-refractivity contribution in [3.8, 4) is 0 Å². The normalized spacial score (nSPS) is 23.5. The molecule has 0 fully saturated rings. The second kappa shape index (κ2) is 5.96. The summed E-state index contributed by atoms with van der Waals surface area (Å²) in [5.74, 6) is 0.404. The van der Waals surface area contributed by atoms with Crippen LogP contribution >= 0.6 is 0 Å². The molecule has 128 valence electrons. The predicted molar refractivity (Wildman–Crippen MR) is 102 cm³/mol. The van der Waals surface area contributed by atoms with Crippen LogP contribution in [0.5, 0.6) is 0 Å². The number of rotatable bonds is 3. The lowest BCUT2D eigenvalue weighted by Gasteiger charge is -2.38. The van der Waals surface area contributed by atoms with Crippen molar-refractivity contribution in [3.63, 3.8) is 0 Å². The Kier molecular flexibility index (Phi) is 3.75. The molecule has 1 amide bonds. The van der Waals surface area contributed by atoms with Crippen molar-refractivity contribution in [2.75, 3.05) is 24.3 Å². The summed E-state index contributed by atoms with van der Waals surface area (Å²) in [7, 11) is 4.08. The topological polar surface area (TPSA) is 58.4 Å². The fraction of sp³-hybridized carbons (Fsp3) is 0.286. The Morgan fingerprint density at radius 1 is 1.16 bits per heavy atom. The number of hydrogen-bond acceptors (Lipinski definition) is 3. The lowest BCUT2D eigenvalue weighted by molar-refractivity contribution is 0.100. The predicted octanol–water partition coefficient (Wildman–Crippen LogP) is 3.68. The Bertz CT molecular complexity index is 839. The number of hydrogen-bond donors (Lipinski definition) is 2. The molecule has 3 atom stereocenters. The van der Waals surface area contributed by atoms with Crippen LogP contribution in [0.25, 0.3) is 0 Å². The molecule has 1 aliphatic heterocycles. The lowest BCUT2D eigenvalue weighted by atomic mass is 9.76. The third-order valence-electron chi connectivity index (χ3n) is 5.43. The highest BCUT2D eigenvalue weighted by molar-refractivity contribution is 5.99. The lowest BCUT2D eigenvalue weighted by Crippen LogP contribution is -2.31. The molecule has 0 bridgehead atoms. The number of benzene rings is 2. The van der Waals surface area contributed by atoms with Gasteiger partial charge in [0.05, 0.1) is 17.3 Å². The maximum Gasteiger partial charge on any atom is 0.250 e. The summed E-state index contributed by atoms with van der Waals surface area (Å²) in [5.41, 5.74) is 10.7. The minimum Gasteiger partial charge on any atom is -0.378 e. The average Bonchev–Trinajstić information content (AvgIpc) is 3.10. The van der Waals surface area contributed by atoms with Crippen LogP contribution in [-0.4, -0.2) is 20.0 Å². The number of fused-ring (bicyclic) bond motifs is 3. The Morgan fingerprint density at radius 3 is 2.60 bits per heavy atom. The van der Waals surface area contributed by atoms with Gasteiger partial charge in [-0.3, -0.25) is 4.79 Å². The number of primary amides is 1. The monoisotopic (exact) mass is 333 g/mol. The highest BCUT2D eigenvalue weighted by Crippen LogP contribution is 2.50. The van der Waals surface area contributed by atoms with Crippen molar-refractivity contribution in [2.45, 2.75) is 18.4 Å². The molecule has 4 heteroatoms. The van der Waals surface area contributed by atoms with Crippen molar-refractivity contribution in [2.24, 2.45) is 11.7 Å². The van der Waals surface area contributed by atoms with Crippen LogP contribution < -0.4 is 16.0 Å². The van der Waals surface area contributed by atoms with Gasteiger partial charge in [-0.25, -0.2) is 0 Å². The van der Waals surface area contributed by atoms with Gasteiger partial charge in [-0.2, -0.15) is 0 Å². The van der Waals surface area contributed by atoms with Crippen LogP contribution in [0.4, 0.5) is 11.4 Å². The Balaban J connectivity index is 1.77. The van der Waals surface area contributed by atoms with Gasteiger partial charge in [0, 0.05) is 25.7 Å². The van der Waals surface area contributed by atoms with Crippen LogP contribution in [0, 0.1) is 5.92 Å². The number of anilines is 2. The number of nitrogens with two attached hydrogens (primary N) is 1. The van der Waals surface area contributed by atoms with E-state index in [0.29, 0.717) is 17.4 Å². The smallest absolute Gasteiger partial charge is 0.250 e. The average molecular weight is 333 g/mol. The highest BCUT2D eigenvalue weighted by Gasteiger charge is 2.39. The van der Waals surface area contributed by atoms with E-state index < -0.39 is 0 Å². The molecule has 1 heterocycles. The van der Waals surface area contributed by atoms with Crippen LogP contribution in [0.15, 0.2) is 54.6 Å². The molecule has 2 aromatic rings. The van der Waals surface area contributed by atoms with Gasteiger partial charge in [-0.15, -0.1) is 0 Å². The molecule has 0 radical (unpaired) electrons. The van der Waals surface area contributed by atoms with Gasteiger partial charge in [-0.1, -0.05) is 36.4 Å². The second-order valence-corrected chi connectivity index (χ2v) is 7.10. The SMILES string of the molecule is CN(C)c1ccc(C2Nc3c(C(N)=O)cccc3C3C=CCC32)cc1. The van der Waals surface area contributed by atoms with Crippen molar-refractivity contribution >= 4 is 17.3 Å². The first-order valence-electron chi connectivity index (χ1n) is 8.69. The minimum atomic E-state index is -0.383. The zero-order chi connectivity index (χ0) is 17.6. The Labute approximate surface area is 148 Å². The van der Waals surface area contributed by atoms with Crippen LogP contribution in [-0.2, 0) is 0 Å². The minimum absolute atomic E-state index is 0.171. The van der Waals surface area contributed by atoms with Gasteiger partial charge in [0.15, 0.2) is 0 Å². The molecule has 0 spiro atoms. The maximum atomic E-state index is 11.9. The number of carbonyl (C=O) groups is 1. The fourth-order valence-electron chi connectivity index (χ4n) is 4.14. The number of allylic oxidation sites excluding steroid dienone is 2. The van der Waals surface area contributed by atoms with E-state index >= 15 is 0 Å². The summed E-state index contributed by atoms with van der Waals surface area (Å²) in [6, 6.07) is 14.7. The highest BCUT2D eigenvalue weighted by atomic mass is 16.1. The summed E-state index contributed by atoms with van der Waals surface area (Å²) >= 11 is 0. The Morgan fingerprint density at radius 2 is 1.92 bits per heavy atom. The molecule has 0 aromatic heterocycles. The largest absolute Gasteiger partial charge is 0.378 e. The van der Waals surface area contributed by atoms with E-state index in [1.165, 1.54) is 16.8 Å². The third kappa shape index (κ3) is 2.58. The van der Waals surface area contributed by atoms with E-state index in [-0.39, 0.29) is 11.9 Å². The summed E-state index contributed by atoms with van der Waals surface area (Å²) in [6.07, 6.45) is 5.57. The summed E-state index contributed by atoms with van der Waals surface area (Å²) in [4.78, 5) is 14.0. The van der Waals surface area contributed by atoms with E-state index in [1.807, 2.05) is 20.2 Å². The standard InChI is InChI=1S/C21H23N3O/c1-24(2)14-11-9-13(10-12-14)19-16-6-3-5-15(16)17-7-4-8-18(21(22)25)20(17)23-19/h3-5,7-12,15-16,19,23H,6H2,1-2H3,(H2,22,25). The Hall–Kier alpha value is -2.75. The molecule has 4 nitrogen and oxygen atoms in total. The van der Waals surface area contributed by atoms with Gasteiger partial charge in [-0.05, 0) is 41.7 Å². The molecule has 25 heavy (non-hydrogen) atoms. The number of para-hydroxylation sites is 1. The quantitative estimate of drug-likeness (QED) is 0.843. The van der Waals surface area contributed by atoms with Crippen molar-refractivity contribution in [1.29, 1.82) is 0 Å². The fourth-order valence-corrected chi connectivity index (χ4v) is 4.14. The molecule has 1 aliphatic carbocycles. The first-order valence-corrected chi connectivity index (χ1v) is 8.69. The van der Waals surface area contributed by atoms with Crippen LogP contribution in [0.2, 0.25) is 0 Å². The third-order valence-corrected chi connectivity index (χ3v) is 5.43. The molecule has 4 rings (SSSR count). The summed E-state index contributed by atoms with van der Waals surface area (Å²) in [5, 5.41) is 3.63. The maximum absolute atomic E-state index is 11.9. The second-order valence-electron chi connectivity index (χ2n) is 7.10. The van der Waals surface area contributed by atoms with Gasteiger partial charge in [0.1, 0.15) is 0 Å². The summed E-state index contributed by atoms with van der Waals surface area (Å²) in [6.45, 7) is 0. The zero-order valence-corrected chi connectivity index (χ0v) is 14.6. The van der Waals surface area contributed by atoms with Crippen LogP contribution in [0.3, 0.4) is 0 Å². The van der Waals surface area contributed by atoms with E-state index in [2.05, 4.69) is 52.7 Å². The number of nitrogens with zero attached hydrogens (tertiary/aromatic N) is 1. The van der Waals surface area contributed by atoms with Crippen molar-refractivity contribution < 1.29 is 4.79 Å². The van der Waals surface area contributed by atoms with Gasteiger partial charge < -0.3 is 16.0 Å². The van der Waals surface area contributed by atoms with Crippen LogP contribution in [0.1, 0.15) is 39.9 Å². The molecule has 3 unspecified atom stereocenters.